The molecule has 0 atom stereocenters. The zero-order valence-corrected chi connectivity index (χ0v) is 12.0. The lowest BCUT2D eigenvalue weighted by Crippen LogP contribution is -2.20. The maximum atomic E-state index is 11.8. The molecule has 0 saturated carbocycles. The van der Waals surface area contributed by atoms with Gasteiger partial charge in [-0.1, -0.05) is 18.2 Å². The van der Waals surface area contributed by atoms with E-state index < -0.39 is 0 Å². The highest BCUT2D eigenvalue weighted by Crippen LogP contribution is 2.22. The number of rotatable bonds is 4. The summed E-state index contributed by atoms with van der Waals surface area (Å²) in [6, 6.07) is 11.7. The second kappa shape index (κ2) is 6.28. The summed E-state index contributed by atoms with van der Waals surface area (Å²) in [6.07, 6.45) is 6.69. The Kier molecular flexibility index (Phi) is 4.02. The number of hydrogen-bond donors (Lipinski definition) is 1. The lowest BCUT2D eigenvalue weighted by molar-refractivity contribution is -0.116. The van der Waals surface area contributed by atoms with Crippen molar-refractivity contribution in [3.8, 4) is 0 Å². The molecular weight excluding hydrogens is 282 g/mol. The van der Waals surface area contributed by atoms with Crippen molar-refractivity contribution in [2.24, 2.45) is 0 Å². The molecule has 0 fully saturated rings. The van der Waals surface area contributed by atoms with Crippen molar-refractivity contribution in [3.63, 3.8) is 0 Å². The maximum absolute atomic E-state index is 11.8. The fraction of sp³-hybridized carbons (Fsp3) is 0.0625. The summed E-state index contributed by atoms with van der Waals surface area (Å²) >= 11 is 1.57. The molecule has 5 heteroatoms. The first kappa shape index (κ1) is 13.5. The number of nitrogens with one attached hydrogen (secondary N) is 1. The van der Waals surface area contributed by atoms with E-state index in [1.807, 2.05) is 36.4 Å². The van der Waals surface area contributed by atoms with Crippen molar-refractivity contribution in [2.75, 3.05) is 0 Å². The summed E-state index contributed by atoms with van der Waals surface area (Å²) < 4.78 is 1.12. The summed E-state index contributed by atoms with van der Waals surface area (Å²) in [7, 11) is 0. The number of fused-ring (bicyclic) bond motifs is 1. The number of carbonyl (C=O) groups is 1. The van der Waals surface area contributed by atoms with Crippen molar-refractivity contribution in [2.45, 2.75) is 6.54 Å². The summed E-state index contributed by atoms with van der Waals surface area (Å²) in [5, 5.41) is 3.64. The van der Waals surface area contributed by atoms with Crippen LogP contribution in [-0.4, -0.2) is 15.9 Å². The minimum absolute atomic E-state index is 0.141. The number of benzene rings is 1. The molecule has 104 valence electrons. The Hall–Kier alpha value is -2.53. The van der Waals surface area contributed by atoms with Gasteiger partial charge in [0.1, 0.15) is 5.01 Å². The van der Waals surface area contributed by atoms with Crippen LogP contribution in [0, 0.1) is 0 Å². The Labute approximate surface area is 126 Å². The zero-order chi connectivity index (χ0) is 14.5. The van der Waals surface area contributed by atoms with Crippen LogP contribution >= 0.6 is 11.3 Å². The van der Waals surface area contributed by atoms with Gasteiger partial charge in [0.25, 0.3) is 0 Å². The van der Waals surface area contributed by atoms with Gasteiger partial charge < -0.3 is 5.32 Å². The lowest BCUT2D eigenvalue weighted by atomic mass is 10.3. The van der Waals surface area contributed by atoms with E-state index in [9.17, 15) is 4.79 Å². The van der Waals surface area contributed by atoms with E-state index in [1.54, 1.807) is 29.8 Å². The minimum Gasteiger partial charge on any atom is -0.348 e. The summed E-state index contributed by atoms with van der Waals surface area (Å²) in [6.45, 7) is 0.469. The molecule has 0 saturated heterocycles. The molecule has 1 N–H and O–H groups in total. The van der Waals surface area contributed by atoms with Crippen LogP contribution in [0.4, 0.5) is 0 Å². The van der Waals surface area contributed by atoms with Gasteiger partial charge in [0.05, 0.1) is 10.2 Å². The van der Waals surface area contributed by atoms with Gasteiger partial charge in [0.2, 0.25) is 5.91 Å². The molecule has 0 aliphatic heterocycles. The van der Waals surface area contributed by atoms with Crippen molar-refractivity contribution in [1.82, 2.24) is 15.3 Å². The van der Waals surface area contributed by atoms with Crippen LogP contribution in [0.5, 0.6) is 0 Å². The van der Waals surface area contributed by atoms with Crippen LogP contribution < -0.4 is 5.32 Å². The SMILES string of the molecule is O=C(C=Cc1nc2ccccc2s1)NCc1cccnc1. The molecule has 2 aromatic heterocycles. The molecule has 3 aromatic rings. The van der Waals surface area contributed by atoms with Crippen molar-refractivity contribution in [3.05, 3.63) is 65.4 Å². The van der Waals surface area contributed by atoms with Crippen molar-refractivity contribution in [1.29, 1.82) is 0 Å². The fourth-order valence-corrected chi connectivity index (χ4v) is 2.73. The third kappa shape index (κ3) is 3.52. The quantitative estimate of drug-likeness (QED) is 0.753. The highest BCUT2D eigenvalue weighted by atomic mass is 32.1. The van der Waals surface area contributed by atoms with Crippen LogP contribution in [0.2, 0.25) is 0 Å². The van der Waals surface area contributed by atoms with Gasteiger partial charge in [-0.3, -0.25) is 9.78 Å². The van der Waals surface area contributed by atoms with Gasteiger partial charge in [-0.2, -0.15) is 0 Å². The third-order valence-corrected chi connectivity index (χ3v) is 3.88. The highest BCUT2D eigenvalue weighted by molar-refractivity contribution is 7.19. The summed E-state index contributed by atoms with van der Waals surface area (Å²) in [5.74, 6) is -0.141. The molecule has 1 amide bonds. The summed E-state index contributed by atoms with van der Waals surface area (Å²) in [4.78, 5) is 20.2. The largest absolute Gasteiger partial charge is 0.348 e. The lowest BCUT2D eigenvalue weighted by Gasteiger charge is -2.00. The normalized spacial score (nSPS) is 11.0. The smallest absolute Gasteiger partial charge is 0.244 e. The maximum Gasteiger partial charge on any atom is 0.244 e. The second-order valence-electron chi connectivity index (χ2n) is 4.43. The Morgan fingerprint density at radius 2 is 2.14 bits per heavy atom. The molecular formula is C16H13N3OS. The molecule has 21 heavy (non-hydrogen) atoms. The highest BCUT2D eigenvalue weighted by Gasteiger charge is 2.01. The van der Waals surface area contributed by atoms with Gasteiger partial charge in [-0.25, -0.2) is 4.98 Å². The first-order valence-electron chi connectivity index (χ1n) is 6.52. The van der Waals surface area contributed by atoms with E-state index in [0.717, 1.165) is 20.8 Å². The molecule has 1 aromatic carbocycles. The van der Waals surface area contributed by atoms with E-state index in [-0.39, 0.29) is 5.91 Å². The molecule has 0 radical (unpaired) electrons. The van der Waals surface area contributed by atoms with Crippen LogP contribution in [0.1, 0.15) is 10.6 Å². The number of hydrogen-bond acceptors (Lipinski definition) is 4. The number of aromatic nitrogens is 2. The number of para-hydroxylation sites is 1. The Morgan fingerprint density at radius 1 is 1.24 bits per heavy atom. The predicted octanol–water partition coefficient (Wildman–Crippen LogP) is 3.02. The third-order valence-electron chi connectivity index (χ3n) is 2.88. The minimum atomic E-state index is -0.141. The number of carbonyl (C=O) groups excluding carboxylic acids is 1. The number of amides is 1. The number of pyridine rings is 1. The molecule has 0 spiro atoms. The van der Waals surface area contributed by atoms with Crippen molar-refractivity contribution >= 4 is 33.5 Å². The second-order valence-corrected chi connectivity index (χ2v) is 5.49. The monoisotopic (exact) mass is 295 g/mol. The van der Waals surface area contributed by atoms with Gasteiger partial charge >= 0.3 is 0 Å². The van der Waals surface area contributed by atoms with Crippen LogP contribution in [0.3, 0.4) is 0 Å². The van der Waals surface area contributed by atoms with E-state index >= 15 is 0 Å². The topological polar surface area (TPSA) is 54.9 Å². The Morgan fingerprint density at radius 3 is 2.95 bits per heavy atom. The van der Waals surface area contributed by atoms with Crippen molar-refractivity contribution < 1.29 is 4.79 Å². The molecule has 0 unspecified atom stereocenters. The standard InChI is InChI=1S/C16H13N3OS/c20-15(18-11-12-4-3-9-17-10-12)7-8-16-19-13-5-1-2-6-14(13)21-16/h1-10H,11H2,(H,18,20). The zero-order valence-electron chi connectivity index (χ0n) is 11.2. The Bertz CT molecular complexity index is 747. The molecule has 0 aliphatic rings. The first-order valence-corrected chi connectivity index (χ1v) is 7.33. The van der Waals surface area contributed by atoms with E-state index in [2.05, 4.69) is 15.3 Å². The van der Waals surface area contributed by atoms with Gasteiger partial charge in [-0.05, 0) is 29.8 Å². The molecule has 0 bridgehead atoms. The van der Waals surface area contributed by atoms with Crippen LogP contribution in [-0.2, 0) is 11.3 Å². The van der Waals surface area contributed by atoms with Gasteiger partial charge in [-0.15, -0.1) is 11.3 Å². The fourth-order valence-electron chi connectivity index (χ4n) is 1.86. The Balaban J connectivity index is 1.61. The predicted molar refractivity (Wildman–Crippen MR) is 84.7 cm³/mol. The average Bonchev–Trinajstić information content (AvgIpc) is 2.95. The van der Waals surface area contributed by atoms with Crippen LogP contribution in [0.15, 0.2) is 54.9 Å². The van der Waals surface area contributed by atoms with E-state index in [4.69, 9.17) is 0 Å². The molecule has 0 aliphatic carbocycles. The number of thiazole rings is 1. The number of nitrogens with zero attached hydrogens (tertiary/aromatic N) is 2. The molecule has 4 nitrogen and oxygen atoms in total. The van der Waals surface area contributed by atoms with E-state index in [1.165, 1.54) is 6.08 Å². The van der Waals surface area contributed by atoms with Gasteiger partial charge in [0, 0.05) is 25.0 Å². The molecule has 3 rings (SSSR count). The van der Waals surface area contributed by atoms with E-state index in [0.29, 0.717) is 6.54 Å². The average molecular weight is 295 g/mol. The summed E-state index contributed by atoms with van der Waals surface area (Å²) in [5.41, 5.74) is 1.93. The van der Waals surface area contributed by atoms with Gasteiger partial charge in [0.15, 0.2) is 0 Å². The van der Waals surface area contributed by atoms with Crippen LogP contribution in [0.25, 0.3) is 16.3 Å². The first-order chi connectivity index (χ1) is 10.3. The molecule has 2 heterocycles.